The van der Waals surface area contributed by atoms with Crippen LogP contribution in [-0.4, -0.2) is 28.8 Å². The van der Waals surface area contributed by atoms with Crippen molar-refractivity contribution in [3.8, 4) is 5.75 Å². The van der Waals surface area contributed by atoms with Crippen molar-refractivity contribution in [1.29, 1.82) is 0 Å². The second-order valence-corrected chi connectivity index (χ2v) is 4.52. The molecule has 0 saturated heterocycles. The largest absolute Gasteiger partial charge is 0.506 e. The van der Waals surface area contributed by atoms with Crippen LogP contribution in [0.25, 0.3) is 0 Å². The van der Waals surface area contributed by atoms with E-state index in [-0.39, 0.29) is 17.7 Å². The first kappa shape index (κ1) is 13.4. The van der Waals surface area contributed by atoms with E-state index in [9.17, 15) is 19.8 Å². The van der Waals surface area contributed by atoms with Crippen LogP contribution in [0.1, 0.15) is 51.6 Å². The van der Waals surface area contributed by atoms with Gasteiger partial charge in [-0.05, 0) is 49.8 Å². The summed E-state index contributed by atoms with van der Waals surface area (Å²) >= 11 is 0. The third-order valence-corrected chi connectivity index (χ3v) is 3.33. The van der Waals surface area contributed by atoms with Gasteiger partial charge in [-0.2, -0.15) is 0 Å². The van der Waals surface area contributed by atoms with Crippen molar-refractivity contribution in [2.24, 2.45) is 0 Å². The Morgan fingerprint density at radius 3 is 2.63 bits per heavy atom. The standard InChI is InChI=1S/C14H16O5/c1-2-19-14(18)10-7-8-5-3-4-6-9(8)11(12(10)15)13(16)17/h7,15H,2-6H2,1H3,(H,16,17). The number of esters is 1. The lowest BCUT2D eigenvalue weighted by Crippen LogP contribution is -2.15. The molecule has 0 amide bonds. The van der Waals surface area contributed by atoms with E-state index in [1.54, 1.807) is 13.0 Å². The van der Waals surface area contributed by atoms with Gasteiger partial charge in [0.25, 0.3) is 0 Å². The highest BCUT2D eigenvalue weighted by molar-refractivity contribution is 6.01. The smallest absolute Gasteiger partial charge is 0.341 e. The molecule has 1 aromatic rings. The third-order valence-electron chi connectivity index (χ3n) is 3.33. The minimum atomic E-state index is -1.21. The molecule has 5 nitrogen and oxygen atoms in total. The van der Waals surface area contributed by atoms with Crippen molar-refractivity contribution in [1.82, 2.24) is 0 Å². The van der Waals surface area contributed by atoms with Crippen molar-refractivity contribution in [2.75, 3.05) is 6.61 Å². The first-order valence-corrected chi connectivity index (χ1v) is 6.34. The normalized spacial score (nSPS) is 13.7. The van der Waals surface area contributed by atoms with Crippen LogP contribution in [0.15, 0.2) is 6.07 Å². The summed E-state index contributed by atoms with van der Waals surface area (Å²) in [4.78, 5) is 23.1. The van der Waals surface area contributed by atoms with Gasteiger partial charge in [-0.15, -0.1) is 0 Å². The van der Waals surface area contributed by atoms with Gasteiger partial charge in [0.05, 0.1) is 6.61 Å². The van der Waals surface area contributed by atoms with E-state index in [2.05, 4.69) is 0 Å². The first-order valence-electron chi connectivity index (χ1n) is 6.34. The SMILES string of the molecule is CCOC(=O)c1cc2c(c(C(=O)O)c1O)CCCC2. The summed E-state index contributed by atoms with van der Waals surface area (Å²) in [5.74, 6) is -2.37. The van der Waals surface area contributed by atoms with Crippen molar-refractivity contribution in [3.05, 3.63) is 28.3 Å². The Labute approximate surface area is 110 Å². The highest BCUT2D eigenvalue weighted by atomic mass is 16.5. The summed E-state index contributed by atoms with van der Waals surface area (Å²) in [6.07, 6.45) is 3.19. The van der Waals surface area contributed by atoms with Gasteiger partial charge >= 0.3 is 11.9 Å². The molecule has 0 aromatic heterocycles. The third kappa shape index (κ3) is 2.41. The number of carboxylic acids is 1. The number of hydrogen-bond acceptors (Lipinski definition) is 4. The summed E-state index contributed by atoms with van der Waals surface area (Å²) in [6, 6.07) is 1.56. The van der Waals surface area contributed by atoms with E-state index in [1.807, 2.05) is 0 Å². The highest BCUT2D eigenvalue weighted by Crippen LogP contribution is 2.34. The zero-order valence-corrected chi connectivity index (χ0v) is 10.7. The van der Waals surface area contributed by atoms with Crippen molar-refractivity contribution in [3.63, 3.8) is 0 Å². The lowest BCUT2D eigenvalue weighted by Gasteiger charge is -2.20. The second kappa shape index (κ2) is 5.30. The number of rotatable bonds is 3. The number of hydrogen-bond donors (Lipinski definition) is 2. The van der Waals surface area contributed by atoms with E-state index in [0.717, 1.165) is 24.8 Å². The summed E-state index contributed by atoms with van der Waals surface area (Å²) < 4.78 is 4.84. The fourth-order valence-electron chi connectivity index (χ4n) is 2.49. The zero-order chi connectivity index (χ0) is 14.0. The Kier molecular flexibility index (Phi) is 3.74. The summed E-state index contributed by atoms with van der Waals surface area (Å²) in [6.45, 7) is 1.84. The number of carboxylic acid groups (broad SMARTS) is 1. The number of aryl methyl sites for hydroxylation is 1. The van der Waals surface area contributed by atoms with Gasteiger partial charge in [0.15, 0.2) is 0 Å². The Hall–Kier alpha value is -2.04. The molecule has 1 aliphatic rings. The van der Waals surface area contributed by atoms with Gasteiger partial charge in [-0.3, -0.25) is 0 Å². The molecule has 0 radical (unpaired) electrons. The topological polar surface area (TPSA) is 83.8 Å². The number of aromatic hydroxyl groups is 1. The maximum absolute atomic E-state index is 11.8. The predicted molar refractivity (Wildman–Crippen MR) is 67.7 cm³/mol. The van der Waals surface area contributed by atoms with Gasteiger partial charge < -0.3 is 14.9 Å². The fraction of sp³-hybridized carbons (Fsp3) is 0.429. The molecule has 0 bridgehead atoms. The minimum absolute atomic E-state index is 0.0556. The quantitative estimate of drug-likeness (QED) is 0.817. The molecule has 0 heterocycles. The zero-order valence-electron chi connectivity index (χ0n) is 10.7. The summed E-state index contributed by atoms with van der Waals surface area (Å²) in [7, 11) is 0. The fourth-order valence-corrected chi connectivity index (χ4v) is 2.49. The van der Waals surface area contributed by atoms with Crippen LogP contribution in [0.5, 0.6) is 5.75 Å². The molecule has 19 heavy (non-hydrogen) atoms. The van der Waals surface area contributed by atoms with Crippen LogP contribution < -0.4 is 0 Å². The summed E-state index contributed by atoms with van der Waals surface area (Å²) in [5.41, 5.74) is 1.26. The lowest BCUT2D eigenvalue weighted by atomic mass is 9.86. The molecule has 0 unspecified atom stereocenters. The molecular weight excluding hydrogens is 248 g/mol. The van der Waals surface area contributed by atoms with Crippen LogP contribution in [0, 0.1) is 0 Å². The van der Waals surface area contributed by atoms with Crippen LogP contribution in [-0.2, 0) is 17.6 Å². The lowest BCUT2D eigenvalue weighted by molar-refractivity contribution is 0.0523. The number of aromatic carboxylic acids is 1. The molecule has 0 aliphatic heterocycles. The van der Waals surface area contributed by atoms with Crippen molar-refractivity contribution in [2.45, 2.75) is 32.6 Å². The maximum atomic E-state index is 11.8. The average molecular weight is 264 g/mol. The molecule has 0 spiro atoms. The van der Waals surface area contributed by atoms with Crippen molar-refractivity contribution >= 4 is 11.9 Å². The van der Waals surface area contributed by atoms with Gasteiger partial charge in [0.2, 0.25) is 0 Å². The van der Waals surface area contributed by atoms with Gasteiger partial charge in [-0.1, -0.05) is 0 Å². The van der Waals surface area contributed by atoms with Gasteiger partial charge in [-0.25, -0.2) is 9.59 Å². The van der Waals surface area contributed by atoms with Crippen molar-refractivity contribution < 1.29 is 24.5 Å². The van der Waals surface area contributed by atoms with E-state index < -0.39 is 17.7 Å². The number of carbonyl (C=O) groups is 2. The van der Waals surface area contributed by atoms with Gasteiger partial charge in [0.1, 0.15) is 16.9 Å². The minimum Gasteiger partial charge on any atom is -0.506 e. The molecule has 1 aromatic carbocycles. The molecule has 0 fully saturated rings. The van der Waals surface area contributed by atoms with Gasteiger partial charge in [0, 0.05) is 0 Å². The number of carbonyl (C=O) groups excluding carboxylic acids is 1. The first-order chi connectivity index (χ1) is 9.06. The van der Waals surface area contributed by atoms with Crippen LogP contribution in [0.2, 0.25) is 0 Å². The van der Waals surface area contributed by atoms with E-state index >= 15 is 0 Å². The molecule has 102 valence electrons. The Bertz CT molecular complexity index is 533. The number of fused-ring (bicyclic) bond motifs is 1. The molecule has 1 aliphatic carbocycles. The Morgan fingerprint density at radius 2 is 2.00 bits per heavy atom. The highest BCUT2D eigenvalue weighted by Gasteiger charge is 2.27. The molecule has 0 saturated carbocycles. The predicted octanol–water partition coefficient (Wildman–Crippen LogP) is 2.15. The Morgan fingerprint density at radius 1 is 1.32 bits per heavy atom. The van der Waals surface area contributed by atoms with Crippen LogP contribution >= 0.6 is 0 Å². The number of benzene rings is 1. The van der Waals surface area contributed by atoms with Crippen LogP contribution in [0.4, 0.5) is 0 Å². The van der Waals surface area contributed by atoms with Crippen LogP contribution in [0.3, 0.4) is 0 Å². The molecular formula is C14H16O5. The van der Waals surface area contributed by atoms with E-state index in [1.165, 1.54) is 0 Å². The maximum Gasteiger partial charge on any atom is 0.341 e. The molecule has 5 heteroatoms. The molecule has 2 rings (SSSR count). The average Bonchev–Trinajstić information content (AvgIpc) is 2.37. The molecule has 2 N–H and O–H groups in total. The van der Waals surface area contributed by atoms with E-state index in [4.69, 9.17) is 4.74 Å². The molecule has 0 atom stereocenters. The van der Waals surface area contributed by atoms with E-state index in [0.29, 0.717) is 12.0 Å². The summed E-state index contributed by atoms with van der Waals surface area (Å²) in [5, 5.41) is 19.3. The number of ether oxygens (including phenoxy) is 1. The Balaban J connectivity index is 2.60. The number of phenols is 1. The monoisotopic (exact) mass is 264 g/mol. The second-order valence-electron chi connectivity index (χ2n) is 4.52.